The van der Waals surface area contributed by atoms with Gasteiger partial charge in [-0.05, 0) is 46.3 Å². The first-order chi connectivity index (χ1) is 8.13. The van der Waals surface area contributed by atoms with Crippen molar-refractivity contribution in [3.8, 4) is 0 Å². The fourth-order valence-electron chi connectivity index (χ4n) is 2.01. The highest BCUT2D eigenvalue weighted by Gasteiger charge is 2.24. The van der Waals surface area contributed by atoms with E-state index in [9.17, 15) is 4.79 Å². The van der Waals surface area contributed by atoms with Gasteiger partial charge in [0, 0.05) is 12.4 Å². The molecule has 0 amide bonds. The van der Waals surface area contributed by atoms with Gasteiger partial charge in [-0.25, -0.2) is 4.98 Å². The minimum Gasteiger partial charge on any atom is -0.481 e. The van der Waals surface area contributed by atoms with Gasteiger partial charge in [-0.15, -0.1) is 0 Å². The molecule has 0 aromatic carbocycles. The van der Waals surface area contributed by atoms with Crippen LogP contribution in [0.3, 0.4) is 0 Å². The number of rotatable bonds is 3. The largest absolute Gasteiger partial charge is 0.481 e. The molecule has 0 saturated heterocycles. The van der Waals surface area contributed by atoms with Gasteiger partial charge < -0.3 is 9.51 Å². The quantitative estimate of drug-likeness (QED) is 0.947. The van der Waals surface area contributed by atoms with Crippen LogP contribution in [0.5, 0.6) is 0 Å². The molecule has 88 valence electrons. The molecule has 1 saturated carbocycles. The second-order valence-corrected chi connectivity index (χ2v) is 5.28. The highest BCUT2D eigenvalue weighted by molar-refractivity contribution is 9.10. The van der Waals surface area contributed by atoms with Gasteiger partial charge in [0.25, 0.3) is 0 Å². The van der Waals surface area contributed by atoms with Crippen molar-refractivity contribution < 1.29 is 9.90 Å². The monoisotopic (exact) mass is 294 g/mol. The Kier molecular flexibility index (Phi) is 2.43. The second kappa shape index (κ2) is 3.84. The van der Waals surface area contributed by atoms with E-state index in [1.54, 1.807) is 6.20 Å². The zero-order valence-electron chi connectivity index (χ0n) is 9.06. The van der Waals surface area contributed by atoms with Crippen LogP contribution in [0.15, 0.2) is 22.9 Å². The molecule has 0 bridgehead atoms. The molecule has 3 rings (SSSR count). The van der Waals surface area contributed by atoms with E-state index in [1.807, 2.05) is 4.40 Å². The summed E-state index contributed by atoms with van der Waals surface area (Å²) in [5.74, 6) is -0.187. The summed E-state index contributed by atoms with van der Waals surface area (Å²) in [4.78, 5) is 15.0. The molecule has 4 nitrogen and oxygen atoms in total. The lowest BCUT2D eigenvalue weighted by Gasteiger charge is -2.01. The van der Waals surface area contributed by atoms with Gasteiger partial charge in [0.05, 0.1) is 16.6 Å². The molecule has 0 aliphatic heterocycles. The van der Waals surface area contributed by atoms with Crippen LogP contribution in [-0.4, -0.2) is 20.5 Å². The highest BCUT2D eigenvalue weighted by atomic mass is 79.9. The Morgan fingerprint density at radius 3 is 2.94 bits per heavy atom. The Morgan fingerprint density at radius 2 is 2.29 bits per heavy atom. The molecule has 2 aromatic rings. The number of pyridine rings is 1. The van der Waals surface area contributed by atoms with Crippen molar-refractivity contribution >= 4 is 27.5 Å². The number of fused-ring (bicyclic) bond motifs is 1. The number of carboxylic acid groups (broad SMARTS) is 1. The van der Waals surface area contributed by atoms with Crippen LogP contribution in [0.4, 0.5) is 0 Å². The molecule has 1 aliphatic carbocycles. The van der Waals surface area contributed by atoms with E-state index in [0.717, 1.165) is 10.1 Å². The normalized spacial score (nSPS) is 15.4. The molecule has 1 aliphatic rings. The van der Waals surface area contributed by atoms with Crippen LogP contribution in [0.2, 0.25) is 0 Å². The van der Waals surface area contributed by atoms with Gasteiger partial charge in [0.2, 0.25) is 0 Å². The van der Waals surface area contributed by atoms with E-state index in [2.05, 4.69) is 33.2 Å². The molecule has 2 heterocycles. The third kappa shape index (κ3) is 2.07. The molecule has 0 spiro atoms. The summed E-state index contributed by atoms with van der Waals surface area (Å²) in [6, 6.07) is 2.09. The Hall–Kier alpha value is -1.36. The van der Waals surface area contributed by atoms with Gasteiger partial charge >= 0.3 is 5.97 Å². The minimum atomic E-state index is -0.855. The number of carboxylic acids is 1. The summed E-state index contributed by atoms with van der Waals surface area (Å²) >= 11 is 3.49. The maximum atomic E-state index is 10.7. The van der Waals surface area contributed by atoms with Crippen LogP contribution in [0.1, 0.15) is 30.0 Å². The van der Waals surface area contributed by atoms with Crippen LogP contribution >= 0.6 is 15.9 Å². The SMILES string of the molecule is O=C(O)Cc1cn2cc(C3CC3)cc(Br)c2n1. The van der Waals surface area contributed by atoms with E-state index in [0.29, 0.717) is 11.6 Å². The van der Waals surface area contributed by atoms with Crippen LogP contribution < -0.4 is 0 Å². The summed E-state index contributed by atoms with van der Waals surface area (Å²) in [7, 11) is 0. The van der Waals surface area contributed by atoms with Gasteiger partial charge in [-0.1, -0.05) is 0 Å². The average molecular weight is 295 g/mol. The number of imidazole rings is 1. The fourth-order valence-corrected chi connectivity index (χ4v) is 2.57. The number of aromatic nitrogens is 2. The highest BCUT2D eigenvalue weighted by Crippen LogP contribution is 2.41. The zero-order chi connectivity index (χ0) is 12.0. The second-order valence-electron chi connectivity index (χ2n) is 4.43. The molecule has 1 N–H and O–H groups in total. The zero-order valence-corrected chi connectivity index (χ0v) is 10.6. The van der Waals surface area contributed by atoms with E-state index in [1.165, 1.54) is 18.4 Å². The summed E-state index contributed by atoms with van der Waals surface area (Å²) in [6.45, 7) is 0. The van der Waals surface area contributed by atoms with Crippen molar-refractivity contribution in [2.45, 2.75) is 25.2 Å². The Morgan fingerprint density at radius 1 is 1.53 bits per heavy atom. The lowest BCUT2D eigenvalue weighted by molar-refractivity contribution is -0.136. The van der Waals surface area contributed by atoms with Crippen LogP contribution in [0.25, 0.3) is 5.65 Å². The maximum absolute atomic E-state index is 10.7. The molecule has 0 atom stereocenters. The number of hydrogen-bond acceptors (Lipinski definition) is 2. The summed E-state index contributed by atoms with van der Waals surface area (Å²) < 4.78 is 2.84. The summed E-state index contributed by atoms with van der Waals surface area (Å²) in [5, 5.41) is 8.75. The van der Waals surface area contributed by atoms with E-state index < -0.39 is 5.97 Å². The van der Waals surface area contributed by atoms with Crippen molar-refractivity contribution in [1.82, 2.24) is 9.38 Å². The van der Waals surface area contributed by atoms with E-state index in [4.69, 9.17) is 5.11 Å². The van der Waals surface area contributed by atoms with Crippen molar-refractivity contribution in [2.75, 3.05) is 0 Å². The molecule has 0 radical (unpaired) electrons. The standard InChI is InChI=1S/C12H11BrN2O2/c13-10-3-8(7-1-2-7)5-15-6-9(4-11(16)17)14-12(10)15/h3,5-7H,1-2,4H2,(H,16,17). The first kappa shape index (κ1) is 10.8. The average Bonchev–Trinajstić information content (AvgIpc) is 3.00. The number of hydrogen-bond donors (Lipinski definition) is 1. The van der Waals surface area contributed by atoms with Gasteiger partial charge in [0.1, 0.15) is 0 Å². The first-order valence-corrected chi connectivity index (χ1v) is 6.31. The molecular formula is C12H11BrN2O2. The topological polar surface area (TPSA) is 54.6 Å². The molecule has 0 unspecified atom stereocenters. The summed E-state index contributed by atoms with van der Waals surface area (Å²) in [5.41, 5.74) is 2.67. The third-order valence-corrected chi connectivity index (χ3v) is 3.54. The van der Waals surface area contributed by atoms with Gasteiger partial charge in [0.15, 0.2) is 5.65 Å². The van der Waals surface area contributed by atoms with E-state index >= 15 is 0 Å². The van der Waals surface area contributed by atoms with Crippen LogP contribution in [0, 0.1) is 0 Å². The van der Waals surface area contributed by atoms with E-state index in [-0.39, 0.29) is 6.42 Å². The number of aliphatic carboxylic acids is 1. The third-order valence-electron chi connectivity index (χ3n) is 2.96. The Labute approximate surface area is 106 Å². The molecular weight excluding hydrogens is 284 g/mol. The van der Waals surface area contributed by atoms with Crippen molar-refractivity contribution in [2.24, 2.45) is 0 Å². The number of nitrogens with zero attached hydrogens (tertiary/aromatic N) is 2. The minimum absolute atomic E-state index is 0.0348. The summed E-state index contributed by atoms with van der Waals surface area (Å²) in [6.07, 6.45) is 6.30. The van der Waals surface area contributed by atoms with Crippen molar-refractivity contribution in [1.29, 1.82) is 0 Å². The van der Waals surface area contributed by atoms with Crippen molar-refractivity contribution in [3.63, 3.8) is 0 Å². The smallest absolute Gasteiger partial charge is 0.309 e. The van der Waals surface area contributed by atoms with Crippen LogP contribution in [-0.2, 0) is 11.2 Å². The fraction of sp³-hybridized carbons (Fsp3) is 0.333. The number of carbonyl (C=O) groups is 1. The molecule has 1 fully saturated rings. The molecule has 2 aromatic heterocycles. The predicted octanol–water partition coefficient (Wildman–Crippen LogP) is 2.60. The van der Waals surface area contributed by atoms with Gasteiger partial charge in [-0.2, -0.15) is 0 Å². The lowest BCUT2D eigenvalue weighted by Crippen LogP contribution is -1.99. The number of halogens is 1. The Balaban J connectivity index is 2.07. The lowest BCUT2D eigenvalue weighted by atomic mass is 10.2. The first-order valence-electron chi connectivity index (χ1n) is 5.52. The van der Waals surface area contributed by atoms with Crippen molar-refractivity contribution in [3.05, 3.63) is 34.2 Å². The maximum Gasteiger partial charge on any atom is 0.309 e. The van der Waals surface area contributed by atoms with Gasteiger partial charge in [-0.3, -0.25) is 4.79 Å². The molecule has 5 heteroatoms. The molecule has 17 heavy (non-hydrogen) atoms. The Bertz CT molecular complexity index is 602. The predicted molar refractivity (Wildman–Crippen MR) is 66.2 cm³/mol.